The molecule has 1 aromatic rings. The van der Waals surface area contributed by atoms with Crippen molar-refractivity contribution in [2.24, 2.45) is 5.41 Å². The van der Waals surface area contributed by atoms with Crippen LogP contribution in [0, 0.1) is 5.41 Å². The lowest BCUT2D eigenvalue weighted by Crippen LogP contribution is -2.41. The smallest absolute Gasteiger partial charge is 0.231 e. The molecule has 0 unspecified atom stereocenters. The third-order valence-corrected chi connectivity index (χ3v) is 3.48. The Morgan fingerprint density at radius 1 is 1.32 bits per heavy atom. The molecule has 5 nitrogen and oxygen atoms in total. The van der Waals surface area contributed by atoms with Gasteiger partial charge in [-0.05, 0) is 36.3 Å². The number of nitrogens with one attached hydrogen (secondary N) is 1. The van der Waals surface area contributed by atoms with Crippen molar-refractivity contribution < 1.29 is 0 Å². The number of hydrogen-bond acceptors (Lipinski definition) is 5. The van der Waals surface area contributed by atoms with Crippen molar-refractivity contribution in [2.75, 3.05) is 29.9 Å². The number of piperidine rings is 1. The molecule has 1 aliphatic heterocycles. The van der Waals surface area contributed by atoms with E-state index in [9.17, 15) is 0 Å². The third kappa shape index (κ3) is 3.93. The average molecular weight is 284 g/mol. The number of nitrogens with zero attached hydrogens (tertiary/aromatic N) is 4. The van der Waals surface area contributed by atoms with Crippen molar-refractivity contribution >= 4 is 23.5 Å². The van der Waals surface area contributed by atoms with E-state index in [2.05, 4.69) is 45.9 Å². The molecule has 2 heterocycles. The predicted molar refractivity (Wildman–Crippen MR) is 78.8 cm³/mol. The summed E-state index contributed by atoms with van der Waals surface area (Å²) < 4.78 is 0. The first-order valence-corrected chi connectivity index (χ1v) is 7.28. The fraction of sp³-hybridized carbons (Fsp3) is 0.769. The summed E-state index contributed by atoms with van der Waals surface area (Å²) in [4.78, 5) is 15.0. The van der Waals surface area contributed by atoms with Crippen LogP contribution >= 0.6 is 11.6 Å². The van der Waals surface area contributed by atoms with Gasteiger partial charge in [0.1, 0.15) is 0 Å². The van der Waals surface area contributed by atoms with Crippen LogP contribution in [0.25, 0.3) is 0 Å². The topological polar surface area (TPSA) is 53.9 Å². The Balaban J connectivity index is 2.16. The molecule has 2 rings (SSSR count). The molecule has 1 saturated heterocycles. The molecule has 0 radical (unpaired) electrons. The number of halogens is 1. The maximum absolute atomic E-state index is 5.99. The van der Waals surface area contributed by atoms with Crippen LogP contribution in [0.5, 0.6) is 0 Å². The molecule has 19 heavy (non-hydrogen) atoms. The van der Waals surface area contributed by atoms with Gasteiger partial charge >= 0.3 is 0 Å². The zero-order valence-electron chi connectivity index (χ0n) is 11.9. The Morgan fingerprint density at radius 3 is 2.79 bits per heavy atom. The van der Waals surface area contributed by atoms with Crippen molar-refractivity contribution in [1.29, 1.82) is 0 Å². The van der Waals surface area contributed by atoms with Gasteiger partial charge in [-0.2, -0.15) is 15.0 Å². The SMILES string of the molecule is CCCNc1nc(Cl)nc(N2CCCC(C)(C)C2)n1. The Bertz CT molecular complexity index is 435. The summed E-state index contributed by atoms with van der Waals surface area (Å²) in [6, 6.07) is 0. The second kappa shape index (κ2) is 5.90. The summed E-state index contributed by atoms with van der Waals surface area (Å²) in [5.74, 6) is 1.26. The van der Waals surface area contributed by atoms with E-state index in [1.807, 2.05) is 0 Å². The Hall–Kier alpha value is -1.10. The van der Waals surface area contributed by atoms with Crippen molar-refractivity contribution in [1.82, 2.24) is 15.0 Å². The average Bonchev–Trinajstić information content (AvgIpc) is 2.34. The highest BCUT2D eigenvalue weighted by Gasteiger charge is 2.28. The van der Waals surface area contributed by atoms with Crippen molar-refractivity contribution in [3.8, 4) is 0 Å². The minimum atomic E-state index is 0.256. The van der Waals surface area contributed by atoms with Crippen LogP contribution in [-0.4, -0.2) is 34.6 Å². The van der Waals surface area contributed by atoms with Crippen LogP contribution in [0.4, 0.5) is 11.9 Å². The van der Waals surface area contributed by atoms with Crippen LogP contribution in [0.1, 0.15) is 40.0 Å². The highest BCUT2D eigenvalue weighted by Crippen LogP contribution is 2.30. The minimum Gasteiger partial charge on any atom is -0.354 e. The van der Waals surface area contributed by atoms with Gasteiger partial charge in [-0.25, -0.2) is 0 Å². The quantitative estimate of drug-likeness (QED) is 0.921. The Kier molecular flexibility index (Phi) is 4.45. The summed E-state index contributed by atoms with van der Waals surface area (Å²) in [5.41, 5.74) is 0.300. The third-order valence-electron chi connectivity index (χ3n) is 3.31. The standard InChI is InChI=1S/C13H22ClN5/c1-4-7-15-11-16-10(14)17-12(18-11)19-8-5-6-13(2,3)9-19/h4-9H2,1-3H3,(H,15,16,17,18). The zero-order chi connectivity index (χ0) is 13.9. The number of rotatable bonds is 4. The molecule has 106 valence electrons. The largest absolute Gasteiger partial charge is 0.354 e. The molecule has 1 aromatic heterocycles. The van der Waals surface area contributed by atoms with Gasteiger partial charge in [0.25, 0.3) is 0 Å². The highest BCUT2D eigenvalue weighted by atomic mass is 35.5. The lowest BCUT2D eigenvalue weighted by Gasteiger charge is -2.38. The number of aromatic nitrogens is 3. The first kappa shape index (κ1) is 14.3. The van der Waals surface area contributed by atoms with Crippen molar-refractivity contribution in [3.63, 3.8) is 0 Å². The van der Waals surface area contributed by atoms with Crippen LogP contribution in [0.2, 0.25) is 5.28 Å². The molecule has 0 saturated carbocycles. The Labute approximate surface area is 119 Å². The van der Waals surface area contributed by atoms with E-state index in [1.54, 1.807) is 0 Å². The second-order valence-corrected chi connectivity index (χ2v) is 6.18. The number of anilines is 2. The summed E-state index contributed by atoms with van der Waals surface area (Å²) in [6.45, 7) is 9.43. The van der Waals surface area contributed by atoms with Gasteiger partial charge in [0, 0.05) is 19.6 Å². The van der Waals surface area contributed by atoms with Crippen LogP contribution in [0.3, 0.4) is 0 Å². The highest BCUT2D eigenvalue weighted by molar-refractivity contribution is 6.28. The summed E-state index contributed by atoms with van der Waals surface area (Å²) in [7, 11) is 0. The monoisotopic (exact) mass is 283 g/mol. The van der Waals surface area contributed by atoms with E-state index in [0.717, 1.165) is 32.5 Å². The maximum atomic E-state index is 5.99. The fourth-order valence-electron chi connectivity index (χ4n) is 2.39. The van der Waals surface area contributed by atoms with E-state index in [0.29, 0.717) is 17.3 Å². The molecule has 0 spiro atoms. The minimum absolute atomic E-state index is 0.256. The molecule has 1 fully saturated rings. The molecule has 1 aliphatic rings. The molecule has 0 aliphatic carbocycles. The zero-order valence-corrected chi connectivity index (χ0v) is 12.7. The van der Waals surface area contributed by atoms with E-state index < -0.39 is 0 Å². The molecule has 0 atom stereocenters. The molecule has 1 N–H and O–H groups in total. The van der Waals surface area contributed by atoms with E-state index in [4.69, 9.17) is 11.6 Å². The van der Waals surface area contributed by atoms with Gasteiger partial charge < -0.3 is 10.2 Å². The first-order valence-electron chi connectivity index (χ1n) is 6.90. The van der Waals surface area contributed by atoms with E-state index >= 15 is 0 Å². The van der Waals surface area contributed by atoms with E-state index in [1.165, 1.54) is 6.42 Å². The number of hydrogen-bond donors (Lipinski definition) is 1. The first-order chi connectivity index (χ1) is 9.00. The molecular weight excluding hydrogens is 262 g/mol. The predicted octanol–water partition coefficient (Wildman–Crippen LogP) is 2.97. The fourth-order valence-corrected chi connectivity index (χ4v) is 2.55. The van der Waals surface area contributed by atoms with Gasteiger partial charge in [0.2, 0.25) is 17.2 Å². The van der Waals surface area contributed by atoms with Crippen molar-refractivity contribution in [2.45, 2.75) is 40.0 Å². The van der Waals surface area contributed by atoms with Gasteiger partial charge in [-0.15, -0.1) is 0 Å². The van der Waals surface area contributed by atoms with Crippen LogP contribution < -0.4 is 10.2 Å². The second-order valence-electron chi connectivity index (χ2n) is 5.84. The molecule has 6 heteroatoms. The van der Waals surface area contributed by atoms with Gasteiger partial charge in [0.05, 0.1) is 0 Å². The van der Waals surface area contributed by atoms with Crippen molar-refractivity contribution in [3.05, 3.63) is 5.28 Å². The summed E-state index contributed by atoms with van der Waals surface area (Å²) >= 11 is 5.99. The summed E-state index contributed by atoms with van der Waals surface area (Å²) in [5, 5.41) is 3.42. The molecular formula is C13H22ClN5. The lowest BCUT2D eigenvalue weighted by molar-refractivity contribution is 0.291. The maximum Gasteiger partial charge on any atom is 0.231 e. The lowest BCUT2D eigenvalue weighted by atomic mass is 9.84. The molecule has 0 aromatic carbocycles. The van der Waals surface area contributed by atoms with Gasteiger partial charge in [-0.3, -0.25) is 0 Å². The van der Waals surface area contributed by atoms with E-state index in [-0.39, 0.29) is 5.28 Å². The van der Waals surface area contributed by atoms with Gasteiger partial charge in [0.15, 0.2) is 0 Å². The molecule has 0 bridgehead atoms. The normalized spacial score (nSPS) is 18.4. The van der Waals surface area contributed by atoms with Crippen LogP contribution in [-0.2, 0) is 0 Å². The Morgan fingerprint density at radius 2 is 2.11 bits per heavy atom. The molecule has 0 amide bonds. The summed E-state index contributed by atoms with van der Waals surface area (Å²) in [6.07, 6.45) is 3.42. The van der Waals surface area contributed by atoms with Crippen LogP contribution in [0.15, 0.2) is 0 Å². The van der Waals surface area contributed by atoms with Gasteiger partial charge in [-0.1, -0.05) is 20.8 Å².